The van der Waals surface area contributed by atoms with Gasteiger partial charge in [-0.25, -0.2) is 4.63 Å². The Bertz CT molecular complexity index is 925. The van der Waals surface area contributed by atoms with Gasteiger partial charge in [-0.05, 0) is 47.2 Å². The Kier molecular flexibility index (Phi) is 5.87. The maximum Gasteiger partial charge on any atom is 0.225 e. The van der Waals surface area contributed by atoms with Gasteiger partial charge in [0.25, 0.3) is 0 Å². The smallest absolute Gasteiger partial charge is 0.225 e. The molecular formula is C19H22N4O4. The third-order valence-electron chi connectivity index (χ3n) is 4.17. The van der Waals surface area contributed by atoms with Crippen molar-refractivity contribution in [3.63, 3.8) is 0 Å². The van der Waals surface area contributed by atoms with Gasteiger partial charge in [-0.1, -0.05) is 6.07 Å². The molecule has 27 heavy (non-hydrogen) atoms. The molecule has 1 aromatic heterocycles. The predicted molar refractivity (Wildman–Crippen MR) is 101 cm³/mol. The number of hydrogen-bond acceptors (Lipinski definition) is 7. The molecule has 0 unspecified atom stereocenters. The van der Waals surface area contributed by atoms with Crippen molar-refractivity contribution in [1.82, 2.24) is 15.2 Å². The minimum Gasteiger partial charge on any atom is -0.497 e. The van der Waals surface area contributed by atoms with E-state index in [1.54, 1.807) is 32.4 Å². The molecule has 0 saturated carbocycles. The van der Waals surface area contributed by atoms with Crippen molar-refractivity contribution < 1.29 is 18.9 Å². The van der Waals surface area contributed by atoms with E-state index in [-0.39, 0.29) is 5.91 Å². The van der Waals surface area contributed by atoms with Gasteiger partial charge in [0.2, 0.25) is 5.91 Å². The maximum absolute atomic E-state index is 12.3. The van der Waals surface area contributed by atoms with Gasteiger partial charge in [0.1, 0.15) is 22.5 Å². The number of anilines is 1. The summed E-state index contributed by atoms with van der Waals surface area (Å²) in [5.41, 5.74) is 3.13. The van der Waals surface area contributed by atoms with Crippen LogP contribution < -0.4 is 14.8 Å². The fourth-order valence-corrected chi connectivity index (χ4v) is 2.73. The third kappa shape index (κ3) is 4.73. The van der Waals surface area contributed by atoms with Gasteiger partial charge in [-0.2, -0.15) is 0 Å². The van der Waals surface area contributed by atoms with E-state index in [0.29, 0.717) is 36.7 Å². The van der Waals surface area contributed by atoms with Crippen LogP contribution in [0.4, 0.5) is 5.69 Å². The van der Waals surface area contributed by atoms with Crippen LogP contribution in [0.3, 0.4) is 0 Å². The highest BCUT2D eigenvalue weighted by Crippen LogP contribution is 2.28. The molecule has 0 aliphatic carbocycles. The minimum absolute atomic E-state index is 0.0930. The first-order chi connectivity index (χ1) is 13.1. The highest BCUT2D eigenvalue weighted by Gasteiger charge is 2.11. The number of hydrogen-bond donors (Lipinski definition) is 1. The normalized spacial score (nSPS) is 11.0. The van der Waals surface area contributed by atoms with E-state index < -0.39 is 0 Å². The first-order valence-electron chi connectivity index (χ1n) is 8.50. The summed E-state index contributed by atoms with van der Waals surface area (Å²) in [7, 11) is 5.10. The Labute approximate surface area is 157 Å². The summed E-state index contributed by atoms with van der Waals surface area (Å²) >= 11 is 0. The van der Waals surface area contributed by atoms with Gasteiger partial charge >= 0.3 is 0 Å². The molecule has 1 amide bonds. The van der Waals surface area contributed by atoms with E-state index in [9.17, 15) is 4.79 Å². The zero-order chi connectivity index (χ0) is 19.2. The van der Waals surface area contributed by atoms with E-state index in [2.05, 4.69) is 20.5 Å². The molecule has 8 nitrogen and oxygen atoms in total. The van der Waals surface area contributed by atoms with Crippen LogP contribution >= 0.6 is 0 Å². The summed E-state index contributed by atoms with van der Waals surface area (Å²) in [6.07, 6.45) is 0.352. The number of ether oxygens (including phenoxy) is 2. The quantitative estimate of drug-likeness (QED) is 0.652. The minimum atomic E-state index is -0.0930. The predicted octanol–water partition coefficient (Wildman–Crippen LogP) is 2.70. The number of benzene rings is 2. The summed E-state index contributed by atoms with van der Waals surface area (Å²) in [5.74, 6) is 1.15. The number of rotatable bonds is 8. The Morgan fingerprint density at radius 2 is 1.93 bits per heavy atom. The summed E-state index contributed by atoms with van der Waals surface area (Å²) in [5, 5.41) is 10.5. The van der Waals surface area contributed by atoms with Crippen LogP contribution in [-0.2, 0) is 11.3 Å². The Balaban J connectivity index is 1.54. The van der Waals surface area contributed by atoms with Crippen molar-refractivity contribution in [1.29, 1.82) is 0 Å². The topological polar surface area (TPSA) is 89.7 Å². The average molecular weight is 370 g/mol. The molecule has 8 heteroatoms. The fraction of sp³-hybridized carbons (Fsp3) is 0.316. The molecule has 0 radical (unpaired) electrons. The Morgan fingerprint density at radius 1 is 1.11 bits per heavy atom. The number of nitrogens with one attached hydrogen (secondary N) is 1. The lowest BCUT2D eigenvalue weighted by atomic mass is 10.2. The van der Waals surface area contributed by atoms with E-state index >= 15 is 0 Å². The standard InChI is InChI=1S/C19H22N4O4/c1-23(12-13-4-6-15-16(10-13)22-27-21-15)9-8-19(24)20-17-11-14(25-2)5-7-18(17)26-3/h4-7,10-11H,8-9,12H2,1-3H3,(H,20,24). The number of nitrogens with zero attached hydrogens (tertiary/aromatic N) is 3. The van der Waals surface area contributed by atoms with E-state index in [4.69, 9.17) is 14.1 Å². The third-order valence-corrected chi connectivity index (χ3v) is 4.17. The summed E-state index contributed by atoms with van der Waals surface area (Å²) < 4.78 is 15.2. The SMILES string of the molecule is COc1ccc(OC)c(NC(=O)CCN(C)Cc2ccc3nonc3c2)c1. The molecule has 0 bridgehead atoms. The van der Waals surface area contributed by atoms with Crippen molar-refractivity contribution in [2.24, 2.45) is 0 Å². The molecule has 3 rings (SSSR count). The van der Waals surface area contributed by atoms with Gasteiger partial charge in [0.15, 0.2) is 0 Å². The second kappa shape index (κ2) is 8.50. The molecule has 2 aromatic carbocycles. The summed E-state index contributed by atoms with van der Waals surface area (Å²) in [4.78, 5) is 14.4. The lowest BCUT2D eigenvalue weighted by Gasteiger charge is -2.17. The first-order valence-corrected chi connectivity index (χ1v) is 8.50. The first kappa shape index (κ1) is 18.7. The van der Waals surface area contributed by atoms with Crippen LogP contribution in [0.1, 0.15) is 12.0 Å². The second-order valence-electron chi connectivity index (χ2n) is 6.19. The number of methoxy groups -OCH3 is 2. The second-order valence-corrected chi connectivity index (χ2v) is 6.19. The van der Waals surface area contributed by atoms with Crippen LogP contribution in [0.2, 0.25) is 0 Å². The number of fused-ring (bicyclic) bond motifs is 1. The molecule has 0 fully saturated rings. The molecule has 1 heterocycles. The van der Waals surface area contributed by atoms with Crippen LogP contribution in [-0.4, -0.2) is 48.9 Å². The van der Waals surface area contributed by atoms with Crippen molar-refractivity contribution in [2.45, 2.75) is 13.0 Å². The maximum atomic E-state index is 12.3. The zero-order valence-electron chi connectivity index (χ0n) is 15.6. The van der Waals surface area contributed by atoms with Crippen molar-refractivity contribution in [3.8, 4) is 11.5 Å². The largest absolute Gasteiger partial charge is 0.497 e. The van der Waals surface area contributed by atoms with Gasteiger partial charge in [0, 0.05) is 25.6 Å². The molecule has 0 saturated heterocycles. The van der Waals surface area contributed by atoms with Crippen molar-refractivity contribution in [3.05, 3.63) is 42.0 Å². The molecule has 0 spiro atoms. The number of carbonyl (C=O) groups excluding carboxylic acids is 1. The lowest BCUT2D eigenvalue weighted by Crippen LogP contribution is -2.24. The van der Waals surface area contributed by atoms with E-state index in [1.807, 2.05) is 25.2 Å². The number of carbonyl (C=O) groups is 1. The van der Waals surface area contributed by atoms with Crippen LogP contribution in [0.25, 0.3) is 11.0 Å². The Hall–Kier alpha value is -3.13. The summed E-state index contributed by atoms with van der Waals surface area (Å²) in [6, 6.07) is 11.1. The van der Waals surface area contributed by atoms with Crippen LogP contribution in [0.15, 0.2) is 41.0 Å². The van der Waals surface area contributed by atoms with E-state index in [0.717, 1.165) is 16.6 Å². The lowest BCUT2D eigenvalue weighted by molar-refractivity contribution is -0.116. The average Bonchev–Trinajstić information content (AvgIpc) is 3.14. The van der Waals surface area contributed by atoms with Crippen molar-refractivity contribution in [2.75, 3.05) is 33.1 Å². The highest BCUT2D eigenvalue weighted by atomic mass is 16.6. The molecule has 0 aliphatic heterocycles. The molecule has 0 atom stereocenters. The number of amides is 1. The zero-order valence-corrected chi connectivity index (χ0v) is 15.6. The molecule has 142 valence electrons. The van der Waals surface area contributed by atoms with Gasteiger partial charge in [-0.15, -0.1) is 0 Å². The van der Waals surface area contributed by atoms with Gasteiger partial charge in [0.05, 0.1) is 19.9 Å². The molecule has 0 aliphatic rings. The van der Waals surface area contributed by atoms with Gasteiger partial charge in [-0.3, -0.25) is 4.79 Å². The summed E-state index contributed by atoms with van der Waals surface area (Å²) in [6.45, 7) is 1.30. The van der Waals surface area contributed by atoms with Gasteiger partial charge < -0.3 is 19.7 Å². The molecule has 3 aromatic rings. The van der Waals surface area contributed by atoms with Crippen LogP contribution in [0, 0.1) is 0 Å². The van der Waals surface area contributed by atoms with E-state index in [1.165, 1.54) is 0 Å². The Morgan fingerprint density at radius 3 is 2.70 bits per heavy atom. The number of aromatic nitrogens is 2. The molecular weight excluding hydrogens is 348 g/mol. The van der Waals surface area contributed by atoms with Crippen molar-refractivity contribution >= 4 is 22.6 Å². The molecule has 1 N–H and O–H groups in total. The monoisotopic (exact) mass is 370 g/mol. The van der Waals surface area contributed by atoms with Crippen LogP contribution in [0.5, 0.6) is 11.5 Å². The fourth-order valence-electron chi connectivity index (χ4n) is 2.73. The highest BCUT2D eigenvalue weighted by molar-refractivity contribution is 5.92.